The van der Waals surface area contributed by atoms with Crippen LogP contribution in [0.5, 0.6) is 0 Å². The summed E-state index contributed by atoms with van der Waals surface area (Å²) in [6.45, 7) is 0. The van der Waals surface area contributed by atoms with Crippen molar-refractivity contribution >= 4 is 24.1 Å². The summed E-state index contributed by atoms with van der Waals surface area (Å²) in [6.07, 6.45) is 0. The van der Waals surface area contributed by atoms with E-state index in [4.69, 9.17) is 0 Å². The SMILES string of the molecule is O=C(c1c(-c2ccccc2)cc(-c2ccccc2)cc1-c1ccccc1)P(c1ccccc1)c1ccccc1. The van der Waals surface area contributed by atoms with Crippen LogP contribution in [0.2, 0.25) is 0 Å². The van der Waals surface area contributed by atoms with E-state index in [2.05, 4.69) is 84.9 Å². The Kier molecular flexibility index (Phi) is 7.25. The maximum Gasteiger partial charge on any atom is 0.194 e. The Bertz CT molecular complexity index is 1580. The number of rotatable bonds is 7. The smallest absolute Gasteiger partial charge is 0.194 e. The highest BCUT2D eigenvalue weighted by molar-refractivity contribution is 7.88. The minimum atomic E-state index is -1.30. The monoisotopic (exact) mass is 518 g/mol. The van der Waals surface area contributed by atoms with Gasteiger partial charge in [0.2, 0.25) is 0 Å². The van der Waals surface area contributed by atoms with Crippen molar-refractivity contribution in [2.24, 2.45) is 0 Å². The van der Waals surface area contributed by atoms with Gasteiger partial charge in [-0.25, -0.2) is 0 Å². The summed E-state index contributed by atoms with van der Waals surface area (Å²) in [4.78, 5) is 15.0. The summed E-state index contributed by atoms with van der Waals surface area (Å²) in [5.41, 5.74) is 7.12. The highest BCUT2D eigenvalue weighted by atomic mass is 31.1. The van der Waals surface area contributed by atoms with E-state index >= 15 is 4.79 Å². The second-order valence-corrected chi connectivity index (χ2v) is 11.5. The Labute approximate surface area is 231 Å². The largest absolute Gasteiger partial charge is 0.288 e. The zero-order chi connectivity index (χ0) is 26.4. The molecule has 0 N–H and O–H groups in total. The lowest BCUT2D eigenvalue weighted by molar-refractivity contribution is 0.108. The normalized spacial score (nSPS) is 10.9. The minimum Gasteiger partial charge on any atom is -0.288 e. The molecule has 0 saturated heterocycles. The number of carbonyl (C=O) groups excluding carboxylic acids is 1. The quantitative estimate of drug-likeness (QED) is 0.193. The third kappa shape index (κ3) is 5.23. The first kappa shape index (κ1) is 24.7. The van der Waals surface area contributed by atoms with Gasteiger partial charge in [-0.05, 0) is 56.1 Å². The topological polar surface area (TPSA) is 17.1 Å². The van der Waals surface area contributed by atoms with Crippen LogP contribution < -0.4 is 10.6 Å². The van der Waals surface area contributed by atoms with Crippen LogP contribution in [0.1, 0.15) is 10.4 Å². The molecule has 6 aromatic rings. The van der Waals surface area contributed by atoms with Crippen LogP contribution in [0.4, 0.5) is 0 Å². The zero-order valence-corrected chi connectivity index (χ0v) is 22.3. The Balaban J connectivity index is 1.67. The number of hydrogen-bond donors (Lipinski definition) is 0. The van der Waals surface area contributed by atoms with Gasteiger partial charge in [0.25, 0.3) is 0 Å². The zero-order valence-electron chi connectivity index (χ0n) is 21.4. The van der Waals surface area contributed by atoms with E-state index in [1.165, 1.54) is 0 Å². The molecule has 6 aromatic carbocycles. The summed E-state index contributed by atoms with van der Waals surface area (Å²) in [5, 5.41) is 2.10. The van der Waals surface area contributed by atoms with Crippen LogP contribution in [0.3, 0.4) is 0 Å². The van der Waals surface area contributed by atoms with Crippen LogP contribution in [-0.4, -0.2) is 5.52 Å². The molecule has 6 rings (SSSR count). The molecule has 0 fully saturated rings. The van der Waals surface area contributed by atoms with Crippen LogP contribution in [0.15, 0.2) is 164 Å². The van der Waals surface area contributed by atoms with Crippen LogP contribution in [-0.2, 0) is 0 Å². The summed E-state index contributed by atoms with van der Waals surface area (Å²) < 4.78 is 0. The van der Waals surface area contributed by atoms with E-state index < -0.39 is 7.92 Å². The van der Waals surface area contributed by atoms with Gasteiger partial charge in [0.15, 0.2) is 5.52 Å². The molecule has 0 radical (unpaired) electrons. The van der Waals surface area contributed by atoms with E-state index in [0.29, 0.717) is 0 Å². The summed E-state index contributed by atoms with van der Waals surface area (Å²) in [6, 6.07) is 55.8. The van der Waals surface area contributed by atoms with Crippen molar-refractivity contribution in [2.75, 3.05) is 0 Å². The van der Waals surface area contributed by atoms with Crippen LogP contribution in [0, 0.1) is 0 Å². The first-order chi connectivity index (χ1) is 19.3. The van der Waals surface area contributed by atoms with Crippen molar-refractivity contribution in [1.29, 1.82) is 0 Å². The summed E-state index contributed by atoms with van der Waals surface area (Å²) >= 11 is 0. The van der Waals surface area contributed by atoms with E-state index in [0.717, 1.165) is 49.6 Å². The third-order valence-electron chi connectivity index (χ3n) is 6.86. The van der Waals surface area contributed by atoms with E-state index in [1.54, 1.807) is 0 Å². The lowest BCUT2D eigenvalue weighted by atomic mass is 9.88. The first-order valence-corrected chi connectivity index (χ1v) is 14.4. The number of benzene rings is 6. The maximum atomic E-state index is 15.0. The predicted molar refractivity (Wildman–Crippen MR) is 166 cm³/mol. The lowest BCUT2D eigenvalue weighted by Crippen LogP contribution is -2.19. The average Bonchev–Trinajstić information content (AvgIpc) is 3.03. The molecule has 0 saturated carbocycles. The van der Waals surface area contributed by atoms with Gasteiger partial charge in [-0.1, -0.05) is 152 Å². The lowest BCUT2D eigenvalue weighted by Gasteiger charge is -2.23. The fraction of sp³-hybridized carbons (Fsp3) is 0. The fourth-order valence-electron chi connectivity index (χ4n) is 5.01. The van der Waals surface area contributed by atoms with E-state index in [1.807, 2.05) is 78.9 Å². The van der Waals surface area contributed by atoms with Crippen molar-refractivity contribution in [3.05, 3.63) is 169 Å². The predicted octanol–water partition coefficient (Wildman–Crippen LogP) is 8.96. The molecule has 0 unspecified atom stereocenters. The molecule has 0 amide bonds. The molecule has 39 heavy (non-hydrogen) atoms. The maximum absolute atomic E-state index is 15.0. The van der Waals surface area contributed by atoms with Gasteiger partial charge in [-0.15, -0.1) is 0 Å². The minimum absolute atomic E-state index is 0.153. The van der Waals surface area contributed by atoms with Gasteiger partial charge < -0.3 is 0 Å². The Morgan fingerprint density at radius 3 is 1.10 bits per heavy atom. The highest BCUT2D eigenvalue weighted by Crippen LogP contribution is 2.45. The Morgan fingerprint density at radius 2 is 0.718 bits per heavy atom. The molecule has 0 aliphatic rings. The first-order valence-electron chi connectivity index (χ1n) is 13.1. The Hall–Kier alpha value is -4.58. The Morgan fingerprint density at radius 1 is 0.385 bits per heavy atom. The van der Waals surface area contributed by atoms with Crippen molar-refractivity contribution in [2.45, 2.75) is 0 Å². The fourth-order valence-corrected chi connectivity index (χ4v) is 7.18. The summed E-state index contributed by atoms with van der Waals surface area (Å²) in [7, 11) is -1.30. The second kappa shape index (κ2) is 11.4. The van der Waals surface area contributed by atoms with Crippen molar-refractivity contribution in [3.8, 4) is 33.4 Å². The second-order valence-electron chi connectivity index (χ2n) is 9.36. The van der Waals surface area contributed by atoms with E-state index in [9.17, 15) is 0 Å². The van der Waals surface area contributed by atoms with Crippen molar-refractivity contribution in [3.63, 3.8) is 0 Å². The number of carbonyl (C=O) groups is 1. The molecule has 0 heterocycles. The molecule has 0 atom stereocenters. The molecule has 0 spiro atoms. The molecule has 186 valence electrons. The van der Waals surface area contributed by atoms with Crippen LogP contribution in [0.25, 0.3) is 33.4 Å². The van der Waals surface area contributed by atoms with Crippen molar-refractivity contribution < 1.29 is 4.79 Å². The average molecular weight is 519 g/mol. The molecule has 1 nitrogen and oxygen atoms in total. The van der Waals surface area contributed by atoms with Gasteiger partial charge in [-0.3, -0.25) is 4.79 Å². The summed E-state index contributed by atoms with van der Waals surface area (Å²) in [5.74, 6) is 0. The molecular weight excluding hydrogens is 491 g/mol. The van der Waals surface area contributed by atoms with Gasteiger partial charge in [-0.2, -0.15) is 0 Å². The van der Waals surface area contributed by atoms with Gasteiger partial charge in [0, 0.05) is 13.5 Å². The van der Waals surface area contributed by atoms with Crippen molar-refractivity contribution in [1.82, 2.24) is 0 Å². The highest BCUT2D eigenvalue weighted by Gasteiger charge is 2.29. The third-order valence-corrected chi connectivity index (χ3v) is 9.12. The molecule has 0 bridgehead atoms. The number of hydrogen-bond acceptors (Lipinski definition) is 1. The molecule has 2 heteroatoms. The van der Waals surface area contributed by atoms with E-state index in [-0.39, 0.29) is 5.52 Å². The standard InChI is InChI=1S/C37H27OP/c38-37(39(32-22-12-4-13-23-32)33-24-14-5-15-25-33)36-34(29-18-8-2-9-19-29)26-31(28-16-6-1-7-17-28)27-35(36)30-20-10-3-11-21-30/h1-27H. The molecule has 0 aliphatic carbocycles. The van der Waals surface area contributed by atoms with Crippen LogP contribution >= 0.6 is 7.92 Å². The van der Waals surface area contributed by atoms with Gasteiger partial charge in [0.05, 0.1) is 0 Å². The molecule has 0 aliphatic heterocycles. The van der Waals surface area contributed by atoms with Gasteiger partial charge in [0.1, 0.15) is 0 Å². The molecule has 0 aromatic heterocycles. The molecular formula is C37H27OP. The van der Waals surface area contributed by atoms with Gasteiger partial charge >= 0.3 is 0 Å².